The van der Waals surface area contributed by atoms with Crippen LogP contribution in [0.4, 0.5) is 0 Å². The van der Waals surface area contributed by atoms with Gasteiger partial charge in [-0.2, -0.15) is 0 Å². The van der Waals surface area contributed by atoms with E-state index in [4.69, 9.17) is 9.15 Å². The molecular formula is C43H36BrO6P. The van der Waals surface area contributed by atoms with Crippen LogP contribution in [0.5, 0.6) is 5.75 Å². The fraction of sp³-hybridized carbons (Fsp3) is 0.163. The molecule has 7 rings (SSSR count). The third kappa shape index (κ3) is 6.09. The molecule has 256 valence electrons. The fourth-order valence-corrected chi connectivity index (χ4v) is 11.9. The fourth-order valence-electron chi connectivity index (χ4n) is 7.26. The van der Waals surface area contributed by atoms with Gasteiger partial charge >= 0.3 is 5.97 Å². The van der Waals surface area contributed by atoms with Crippen molar-refractivity contribution in [2.75, 3.05) is 0 Å². The highest BCUT2D eigenvalue weighted by molar-refractivity contribution is 7.95. The Morgan fingerprint density at radius 1 is 0.725 bits per heavy atom. The van der Waals surface area contributed by atoms with Gasteiger partial charge in [0.1, 0.15) is 40.3 Å². The smallest absolute Gasteiger partial charge is 0.311 e. The lowest BCUT2D eigenvalue weighted by Gasteiger charge is -2.32. The summed E-state index contributed by atoms with van der Waals surface area (Å²) in [5, 5.41) is 3.56. The summed E-state index contributed by atoms with van der Waals surface area (Å²) in [6.45, 7) is 5.79. The summed E-state index contributed by atoms with van der Waals surface area (Å²) >= 11 is 0. The SMILES string of the molecule is CCCCC(=O)Oc1cccc2c1C(=O)c1c(cc(C)c3c(=O)cc(C(C)[P+](c4ccccc4)(c4ccccc4)c4ccccc4)oc13)C2=O.[Br-]. The molecule has 1 atom stereocenters. The van der Waals surface area contributed by atoms with Crippen LogP contribution >= 0.6 is 7.26 Å². The molecule has 1 unspecified atom stereocenters. The summed E-state index contributed by atoms with van der Waals surface area (Å²) in [6, 6.07) is 38.6. The van der Waals surface area contributed by atoms with Crippen LogP contribution in [0.15, 0.2) is 131 Å². The number of ketones is 2. The Kier molecular flexibility index (Phi) is 10.3. The van der Waals surface area contributed by atoms with E-state index >= 15 is 0 Å². The Balaban J connectivity index is 0.00000448. The molecule has 0 amide bonds. The first-order valence-electron chi connectivity index (χ1n) is 16.9. The van der Waals surface area contributed by atoms with E-state index in [1.807, 2.05) is 61.5 Å². The maximum atomic E-state index is 14.6. The molecule has 1 heterocycles. The van der Waals surface area contributed by atoms with Gasteiger partial charge in [-0.25, -0.2) is 0 Å². The molecule has 6 aromatic rings. The monoisotopic (exact) mass is 758 g/mol. The quantitative estimate of drug-likeness (QED) is 0.117. The number of esters is 1. The Labute approximate surface area is 307 Å². The maximum absolute atomic E-state index is 14.6. The third-order valence-electron chi connectivity index (χ3n) is 9.63. The molecule has 6 nitrogen and oxygen atoms in total. The minimum atomic E-state index is -2.56. The van der Waals surface area contributed by atoms with Crippen LogP contribution in [0.1, 0.15) is 81.9 Å². The van der Waals surface area contributed by atoms with Crippen LogP contribution in [0, 0.1) is 6.92 Å². The van der Waals surface area contributed by atoms with E-state index in [-0.39, 0.29) is 73.5 Å². The Morgan fingerprint density at radius 3 is 1.84 bits per heavy atom. The number of halogens is 1. The number of benzene rings is 5. The van der Waals surface area contributed by atoms with Gasteiger partial charge < -0.3 is 26.1 Å². The van der Waals surface area contributed by atoms with Gasteiger partial charge in [0.2, 0.25) is 5.78 Å². The second-order valence-corrected chi connectivity index (χ2v) is 16.4. The van der Waals surface area contributed by atoms with Crippen molar-refractivity contribution >= 4 is 51.7 Å². The van der Waals surface area contributed by atoms with Crippen LogP contribution in [0.3, 0.4) is 0 Å². The normalized spacial score (nSPS) is 12.8. The molecule has 0 spiro atoms. The standard InChI is InChI=1S/C43H36O6P.BrH/c1-4-5-24-37(45)48-35-23-15-22-32-39(35)42(47)40-33(41(32)46)25-27(2)38-34(44)26-36(49-43(38)40)28(3)50(29-16-9-6-10-17-29,30-18-11-7-12-19-30)31-20-13-8-14-21-31;/h6-23,25-26,28H,4-5,24H2,1-3H3;1H/q+1;/p-1. The molecule has 51 heavy (non-hydrogen) atoms. The van der Waals surface area contributed by atoms with E-state index < -0.39 is 24.8 Å². The number of hydrogen-bond acceptors (Lipinski definition) is 6. The topological polar surface area (TPSA) is 90.7 Å². The Bertz CT molecular complexity index is 2240. The molecule has 0 saturated heterocycles. The minimum absolute atomic E-state index is 0. The molecular weight excluding hydrogens is 723 g/mol. The van der Waals surface area contributed by atoms with E-state index in [1.54, 1.807) is 31.2 Å². The molecule has 0 saturated carbocycles. The van der Waals surface area contributed by atoms with E-state index in [1.165, 1.54) is 6.07 Å². The molecule has 0 N–H and O–H groups in total. The summed E-state index contributed by atoms with van der Waals surface area (Å²) in [4.78, 5) is 55.5. The largest absolute Gasteiger partial charge is 1.00 e. The highest BCUT2D eigenvalue weighted by Gasteiger charge is 2.52. The Morgan fingerprint density at radius 2 is 1.29 bits per heavy atom. The van der Waals surface area contributed by atoms with Crippen molar-refractivity contribution in [3.8, 4) is 5.75 Å². The van der Waals surface area contributed by atoms with Gasteiger partial charge in [0.25, 0.3) is 0 Å². The summed E-state index contributed by atoms with van der Waals surface area (Å²) in [6.07, 6.45) is 1.63. The second-order valence-electron chi connectivity index (χ2n) is 12.7. The molecule has 1 aliphatic carbocycles. The molecule has 1 aromatic heterocycles. The van der Waals surface area contributed by atoms with Crippen LogP contribution in [0.2, 0.25) is 0 Å². The lowest BCUT2D eigenvalue weighted by Crippen LogP contribution is -3.00. The van der Waals surface area contributed by atoms with Crippen LogP contribution in [-0.4, -0.2) is 17.5 Å². The van der Waals surface area contributed by atoms with Crippen molar-refractivity contribution in [1.29, 1.82) is 0 Å². The molecule has 1 aliphatic rings. The van der Waals surface area contributed by atoms with Gasteiger partial charge in [-0.05, 0) is 74.4 Å². The zero-order chi connectivity index (χ0) is 35.0. The van der Waals surface area contributed by atoms with Crippen LogP contribution < -0.4 is 43.1 Å². The zero-order valence-corrected chi connectivity index (χ0v) is 31.0. The average Bonchev–Trinajstić information content (AvgIpc) is 3.14. The lowest BCUT2D eigenvalue weighted by molar-refractivity contribution is -0.134. The van der Waals surface area contributed by atoms with Crippen molar-refractivity contribution in [1.82, 2.24) is 0 Å². The molecule has 0 radical (unpaired) electrons. The Hall–Kier alpha value is -4.97. The molecule has 5 aromatic carbocycles. The number of fused-ring (bicyclic) bond motifs is 4. The van der Waals surface area contributed by atoms with E-state index in [0.717, 1.165) is 22.3 Å². The molecule has 0 bridgehead atoms. The number of carbonyl (C=O) groups is 3. The second kappa shape index (κ2) is 14.7. The summed E-state index contributed by atoms with van der Waals surface area (Å²) in [7, 11) is -2.56. The average molecular weight is 760 g/mol. The molecule has 0 fully saturated rings. The van der Waals surface area contributed by atoms with Gasteiger partial charge in [-0.15, -0.1) is 0 Å². The minimum Gasteiger partial charge on any atom is -1.00 e. The number of aryl methyl sites for hydroxylation is 1. The number of carbonyl (C=O) groups excluding carboxylic acids is 3. The number of hydrogen-bond donors (Lipinski definition) is 0. The maximum Gasteiger partial charge on any atom is 0.311 e. The van der Waals surface area contributed by atoms with E-state index in [0.29, 0.717) is 17.7 Å². The van der Waals surface area contributed by atoms with Gasteiger partial charge in [0.05, 0.1) is 16.5 Å². The lowest BCUT2D eigenvalue weighted by atomic mass is 9.81. The number of unbranched alkanes of at least 4 members (excludes halogenated alkanes) is 1. The van der Waals surface area contributed by atoms with E-state index in [2.05, 4.69) is 43.3 Å². The van der Waals surface area contributed by atoms with Crippen LogP contribution in [0.25, 0.3) is 11.0 Å². The van der Waals surface area contributed by atoms with Gasteiger partial charge in [0.15, 0.2) is 16.8 Å². The zero-order valence-electron chi connectivity index (χ0n) is 28.5. The van der Waals surface area contributed by atoms with Gasteiger partial charge in [-0.1, -0.05) is 80.1 Å². The van der Waals surface area contributed by atoms with Crippen LogP contribution in [-0.2, 0) is 4.79 Å². The highest BCUT2D eigenvalue weighted by atomic mass is 79.9. The predicted molar refractivity (Wildman–Crippen MR) is 199 cm³/mol. The summed E-state index contributed by atoms with van der Waals surface area (Å²) in [5.41, 5.74) is 0.258. The van der Waals surface area contributed by atoms with Gasteiger partial charge in [0, 0.05) is 23.6 Å². The van der Waals surface area contributed by atoms with Crippen molar-refractivity contribution in [3.63, 3.8) is 0 Å². The summed E-state index contributed by atoms with van der Waals surface area (Å²) in [5.74, 6) is -0.972. The number of rotatable bonds is 9. The highest BCUT2D eigenvalue weighted by Crippen LogP contribution is 2.66. The van der Waals surface area contributed by atoms with Crippen molar-refractivity contribution in [3.05, 3.63) is 165 Å². The van der Waals surface area contributed by atoms with Crippen molar-refractivity contribution in [2.45, 2.75) is 45.7 Å². The molecule has 0 aliphatic heterocycles. The van der Waals surface area contributed by atoms with Crippen molar-refractivity contribution in [2.24, 2.45) is 0 Å². The summed E-state index contributed by atoms with van der Waals surface area (Å²) < 4.78 is 12.5. The van der Waals surface area contributed by atoms with E-state index in [9.17, 15) is 19.2 Å². The predicted octanol–water partition coefficient (Wildman–Crippen LogP) is 5.03. The first kappa shape index (κ1) is 35.8. The van der Waals surface area contributed by atoms with Crippen molar-refractivity contribution < 1.29 is 40.5 Å². The first-order chi connectivity index (χ1) is 24.3. The first-order valence-corrected chi connectivity index (χ1v) is 18.7. The third-order valence-corrected chi connectivity index (χ3v) is 14.4. The molecule has 8 heteroatoms. The van der Waals surface area contributed by atoms with Gasteiger partial charge in [-0.3, -0.25) is 19.2 Å². The number of ether oxygens (including phenoxy) is 1.